The van der Waals surface area contributed by atoms with Crippen LogP contribution in [-0.4, -0.2) is 26.7 Å². The van der Waals surface area contributed by atoms with Gasteiger partial charge in [-0.15, -0.1) is 0 Å². The molecule has 0 bridgehead atoms. The second-order valence-corrected chi connectivity index (χ2v) is 3.69. The average molecular weight is 203 g/mol. The van der Waals surface area contributed by atoms with Gasteiger partial charge in [0.2, 0.25) is 0 Å². The second-order valence-electron chi connectivity index (χ2n) is 3.69. The topological polar surface area (TPSA) is 39.1 Å². The molecule has 0 amide bonds. The van der Waals surface area contributed by atoms with Crippen LogP contribution in [0.2, 0.25) is 0 Å². The Hall–Kier alpha value is -1.53. The molecule has 0 aliphatic rings. The van der Waals surface area contributed by atoms with Crippen LogP contribution in [0.3, 0.4) is 0 Å². The van der Waals surface area contributed by atoms with Gasteiger partial charge in [-0.3, -0.25) is 0 Å². The van der Waals surface area contributed by atoms with E-state index in [0.29, 0.717) is 6.54 Å². The van der Waals surface area contributed by atoms with Crippen molar-refractivity contribution in [1.29, 1.82) is 5.26 Å². The molecule has 3 heteroatoms. The zero-order valence-corrected chi connectivity index (χ0v) is 9.49. The molecule has 0 fully saturated rings. The van der Waals surface area contributed by atoms with Gasteiger partial charge in [0.05, 0.1) is 6.07 Å². The minimum atomic E-state index is -0.128. The number of likely N-dealkylation sites (N-methyl/N-ethyl adjacent to an activating group) is 2. The lowest BCUT2D eigenvalue weighted by molar-refractivity contribution is 0.666. The molecule has 1 aromatic carbocycles. The van der Waals surface area contributed by atoms with E-state index in [9.17, 15) is 0 Å². The Bertz CT molecular complexity index is 337. The Kier molecular flexibility index (Phi) is 4.14. The van der Waals surface area contributed by atoms with E-state index in [2.05, 4.69) is 47.5 Å². The molecule has 0 aliphatic heterocycles. The monoisotopic (exact) mass is 203 g/mol. The SMILES string of the molecule is CNC(C#N)CN(C)c1ccc(C)cc1. The first-order valence-corrected chi connectivity index (χ1v) is 5.02. The molecule has 0 saturated carbocycles. The fourth-order valence-corrected chi connectivity index (χ4v) is 1.38. The van der Waals surface area contributed by atoms with Crippen molar-refractivity contribution >= 4 is 5.69 Å². The van der Waals surface area contributed by atoms with Gasteiger partial charge in [-0.25, -0.2) is 0 Å². The van der Waals surface area contributed by atoms with E-state index < -0.39 is 0 Å². The number of nitrogens with zero attached hydrogens (tertiary/aromatic N) is 2. The maximum atomic E-state index is 8.83. The van der Waals surface area contributed by atoms with Crippen molar-refractivity contribution < 1.29 is 0 Å². The highest BCUT2D eigenvalue weighted by molar-refractivity contribution is 5.47. The van der Waals surface area contributed by atoms with Gasteiger partial charge < -0.3 is 10.2 Å². The molecule has 0 aliphatic carbocycles. The first-order chi connectivity index (χ1) is 7.17. The van der Waals surface area contributed by atoms with E-state index in [0.717, 1.165) is 5.69 Å². The van der Waals surface area contributed by atoms with E-state index in [1.165, 1.54) is 5.56 Å². The number of aryl methyl sites for hydroxylation is 1. The largest absolute Gasteiger partial charge is 0.372 e. The van der Waals surface area contributed by atoms with E-state index in [4.69, 9.17) is 5.26 Å². The van der Waals surface area contributed by atoms with Gasteiger partial charge in [0.1, 0.15) is 6.04 Å². The first-order valence-electron chi connectivity index (χ1n) is 5.02. The summed E-state index contributed by atoms with van der Waals surface area (Å²) in [6.07, 6.45) is 0. The molecule has 1 unspecified atom stereocenters. The third-order valence-electron chi connectivity index (χ3n) is 2.44. The van der Waals surface area contributed by atoms with E-state index >= 15 is 0 Å². The van der Waals surface area contributed by atoms with E-state index in [1.54, 1.807) is 7.05 Å². The summed E-state index contributed by atoms with van der Waals surface area (Å²) in [5.74, 6) is 0. The van der Waals surface area contributed by atoms with Crippen LogP contribution in [0.25, 0.3) is 0 Å². The molecular formula is C12H17N3. The number of hydrogen-bond acceptors (Lipinski definition) is 3. The molecule has 0 radical (unpaired) electrons. The fraction of sp³-hybridized carbons (Fsp3) is 0.417. The quantitative estimate of drug-likeness (QED) is 0.807. The minimum Gasteiger partial charge on any atom is -0.372 e. The van der Waals surface area contributed by atoms with Gasteiger partial charge in [0.25, 0.3) is 0 Å². The predicted molar refractivity (Wildman–Crippen MR) is 62.9 cm³/mol. The van der Waals surface area contributed by atoms with Crippen molar-refractivity contribution in [1.82, 2.24) is 5.32 Å². The number of rotatable bonds is 4. The summed E-state index contributed by atoms with van der Waals surface area (Å²) in [4.78, 5) is 2.07. The Labute approximate surface area is 91.3 Å². The highest BCUT2D eigenvalue weighted by atomic mass is 15.1. The molecule has 1 N–H and O–H groups in total. The third-order valence-corrected chi connectivity index (χ3v) is 2.44. The van der Waals surface area contributed by atoms with Gasteiger partial charge in [0, 0.05) is 19.3 Å². The van der Waals surface area contributed by atoms with Gasteiger partial charge in [-0.05, 0) is 26.1 Å². The summed E-state index contributed by atoms with van der Waals surface area (Å²) >= 11 is 0. The van der Waals surface area contributed by atoms with Crippen molar-refractivity contribution in [3.63, 3.8) is 0 Å². The summed E-state index contributed by atoms with van der Waals surface area (Å²) in [6, 6.07) is 10.4. The third kappa shape index (κ3) is 3.26. The van der Waals surface area contributed by atoms with Crippen molar-refractivity contribution in [3.8, 4) is 6.07 Å². The molecular weight excluding hydrogens is 186 g/mol. The number of benzene rings is 1. The van der Waals surface area contributed by atoms with Gasteiger partial charge in [0.15, 0.2) is 0 Å². The lowest BCUT2D eigenvalue weighted by atomic mass is 10.2. The summed E-state index contributed by atoms with van der Waals surface area (Å²) in [5, 5.41) is 11.8. The van der Waals surface area contributed by atoms with Crippen molar-refractivity contribution in [2.24, 2.45) is 0 Å². The van der Waals surface area contributed by atoms with Gasteiger partial charge in [-0.1, -0.05) is 17.7 Å². The predicted octanol–water partition coefficient (Wildman–Crippen LogP) is 1.54. The molecule has 0 aromatic heterocycles. The normalized spacial score (nSPS) is 11.9. The molecule has 1 rings (SSSR count). The van der Waals surface area contributed by atoms with Crippen LogP contribution >= 0.6 is 0 Å². The summed E-state index contributed by atoms with van der Waals surface area (Å²) in [5.41, 5.74) is 2.38. The Morgan fingerprint density at radius 2 is 2.00 bits per heavy atom. The van der Waals surface area contributed by atoms with Crippen molar-refractivity contribution in [2.75, 3.05) is 25.5 Å². The standard InChI is InChI=1S/C12H17N3/c1-10-4-6-12(7-5-10)15(3)9-11(8-13)14-2/h4-7,11,14H,9H2,1-3H3. The summed E-state index contributed by atoms with van der Waals surface area (Å²) in [7, 11) is 3.79. The molecule has 0 spiro atoms. The molecule has 3 nitrogen and oxygen atoms in total. The zero-order valence-electron chi connectivity index (χ0n) is 9.49. The van der Waals surface area contributed by atoms with Crippen LogP contribution in [0.5, 0.6) is 0 Å². The lowest BCUT2D eigenvalue weighted by Gasteiger charge is -2.21. The Morgan fingerprint density at radius 1 is 1.40 bits per heavy atom. The van der Waals surface area contributed by atoms with E-state index in [-0.39, 0.29) is 6.04 Å². The van der Waals surface area contributed by atoms with Gasteiger partial charge >= 0.3 is 0 Å². The maximum absolute atomic E-state index is 8.83. The first kappa shape index (κ1) is 11.5. The molecule has 1 aromatic rings. The van der Waals surface area contributed by atoms with Crippen molar-refractivity contribution in [2.45, 2.75) is 13.0 Å². The molecule has 1 atom stereocenters. The maximum Gasteiger partial charge on any atom is 0.113 e. The Balaban J connectivity index is 2.65. The van der Waals surface area contributed by atoms with Crippen LogP contribution in [0, 0.1) is 18.3 Å². The number of nitriles is 1. The van der Waals surface area contributed by atoms with Crippen molar-refractivity contribution in [3.05, 3.63) is 29.8 Å². The van der Waals surface area contributed by atoms with Crippen LogP contribution < -0.4 is 10.2 Å². The summed E-state index contributed by atoms with van der Waals surface area (Å²) < 4.78 is 0. The molecule has 80 valence electrons. The number of anilines is 1. The Morgan fingerprint density at radius 3 is 2.47 bits per heavy atom. The molecule has 0 heterocycles. The van der Waals surface area contributed by atoms with Crippen LogP contribution in [-0.2, 0) is 0 Å². The minimum absolute atomic E-state index is 0.128. The van der Waals surface area contributed by atoms with Crippen LogP contribution in [0.4, 0.5) is 5.69 Å². The van der Waals surface area contributed by atoms with Gasteiger partial charge in [-0.2, -0.15) is 5.26 Å². The second kappa shape index (κ2) is 5.38. The summed E-state index contributed by atoms with van der Waals surface area (Å²) in [6.45, 7) is 2.76. The number of nitrogens with one attached hydrogen (secondary N) is 1. The smallest absolute Gasteiger partial charge is 0.113 e. The molecule has 15 heavy (non-hydrogen) atoms. The van der Waals surface area contributed by atoms with Crippen LogP contribution in [0.1, 0.15) is 5.56 Å². The van der Waals surface area contributed by atoms with E-state index in [1.807, 2.05) is 7.05 Å². The average Bonchev–Trinajstić information content (AvgIpc) is 2.26. The highest BCUT2D eigenvalue weighted by Gasteiger charge is 2.08. The zero-order chi connectivity index (χ0) is 11.3. The highest BCUT2D eigenvalue weighted by Crippen LogP contribution is 2.13. The number of hydrogen-bond donors (Lipinski definition) is 1. The van der Waals surface area contributed by atoms with Crippen LogP contribution in [0.15, 0.2) is 24.3 Å². The molecule has 0 saturated heterocycles. The fourth-order valence-electron chi connectivity index (χ4n) is 1.38. The lowest BCUT2D eigenvalue weighted by Crippen LogP contribution is -2.36.